The Kier molecular flexibility index (Phi) is 2.68. The molecule has 2 N–H and O–H groups in total. The normalized spacial score (nSPS) is 31.8. The molecule has 0 radical (unpaired) electrons. The lowest BCUT2D eigenvalue weighted by molar-refractivity contribution is 0.380. The smallest absolute Gasteiger partial charge is 0.219 e. The average Bonchev–Trinajstić information content (AvgIpc) is 3.32. The van der Waals surface area contributed by atoms with E-state index < -0.39 is 0 Å². The Morgan fingerprint density at radius 2 is 1.52 bits per heavy atom. The van der Waals surface area contributed by atoms with Crippen LogP contribution in [0.2, 0.25) is 0 Å². The lowest BCUT2D eigenvalue weighted by atomic mass is 9.86. The first-order chi connectivity index (χ1) is 12.2. The molecule has 128 valence electrons. The van der Waals surface area contributed by atoms with E-state index in [-0.39, 0.29) is 0 Å². The molecule has 0 unspecified atom stereocenters. The Bertz CT molecular complexity index is 778. The number of hydrogen-bond acceptors (Lipinski definition) is 6. The minimum atomic E-state index is 0.306. The predicted octanol–water partition coefficient (Wildman–Crippen LogP) is 2.32. The highest BCUT2D eigenvalue weighted by Crippen LogP contribution is 2.46. The van der Waals surface area contributed by atoms with Gasteiger partial charge < -0.3 is 15.5 Å². The van der Waals surface area contributed by atoms with Gasteiger partial charge in [-0.05, 0) is 43.6 Å². The monoisotopic (exact) mass is 334 g/mol. The van der Waals surface area contributed by atoms with E-state index in [1.54, 1.807) is 12.4 Å². The van der Waals surface area contributed by atoms with Crippen LogP contribution >= 0.6 is 0 Å². The summed E-state index contributed by atoms with van der Waals surface area (Å²) in [5.74, 6) is 3.20. The van der Waals surface area contributed by atoms with Crippen LogP contribution in [0.3, 0.4) is 0 Å². The molecule has 4 aliphatic heterocycles. The van der Waals surface area contributed by atoms with Gasteiger partial charge in [0.2, 0.25) is 5.95 Å². The van der Waals surface area contributed by atoms with Gasteiger partial charge in [-0.2, -0.15) is 0 Å². The number of rotatable bonds is 3. The van der Waals surface area contributed by atoms with E-state index in [2.05, 4.69) is 31.9 Å². The van der Waals surface area contributed by atoms with E-state index in [1.807, 2.05) is 0 Å². The highest BCUT2D eigenvalue weighted by Gasteiger charge is 2.45. The summed E-state index contributed by atoms with van der Waals surface area (Å²) in [5, 5.41) is 0. The van der Waals surface area contributed by atoms with E-state index in [0.29, 0.717) is 12.0 Å². The number of fused-ring (bicyclic) bond motifs is 2. The second kappa shape index (κ2) is 4.84. The van der Waals surface area contributed by atoms with Crippen LogP contribution in [0.1, 0.15) is 25.7 Å². The van der Waals surface area contributed by atoms with Crippen LogP contribution in [0.25, 0.3) is 11.3 Å². The van der Waals surface area contributed by atoms with Crippen LogP contribution in [-0.4, -0.2) is 40.1 Å². The van der Waals surface area contributed by atoms with Crippen LogP contribution in [0.4, 0.5) is 17.5 Å². The summed E-state index contributed by atoms with van der Waals surface area (Å²) < 4.78 is 0. The minimum absolute atomic E-state index is 0.306. The summed E-state index contributed by atoms with van der Waals surface area (Å²) >= 11 is 0. The zero-order valence-corrected chi connectivity index (χ0v) is 14.2. The highest BCUT2D eigenvalue weighted by molar-refractivity contribution is 5.70. The molecule has 6 heteroatoms. The number of pyridine rings is 1. The number of aromatic nitrogens is 3. The fourth-order valence-electron chi connectivity index (χ4n) is 5.09. The molecule has 2 aromatic heterocycles. The summed E-state index contributed by atoms with van der Waals surface area (Å²) in [6.45, 7) is 2.35. The van der Waals surface area contributed by atoms with E-state index in [9.17, 15) is 0 Å². The molecular formula is C19H22N6. The van der Waals surface area contributed by atoms with Crippen molar-refractivity contribution in [1.29, 1.82) is 0 Å². The second-order valence-electron chi connectivity index (χ2n) is 8.19. The van der Waals surface area contributed by atoms with Gasteiger partial charge in [0, 0.05) is 54.9 Å². The Labute approximate surface area is 147 Å². The Hall–Kier alpha value is -2.37. The summed E-state index contributed by atoms with van der Waals surface area (Å²) in [4.78, 5) is 18.4. The van der Waals surface area contributed by atoms with Crippen molar-refractivity contribution in [2.24, 2.45) is 11.8 Å². The summed E-state index contributed by atoms with van der Waals surface area (Å²) in [6, 6.07) is 5.93. The molecule has 0 amide bonds. The van der Waals surface area contributed by atoms with Gasteiger partial charge in [-0.25, -0.2) is 15.0 Å². The Morgan fingerprint density at radius 1 is 0.880 bits per heavy atom. The maximum Gasteiger partial charge on any atom is 0.219 e. The molecule has 4 bridgehead atoms. The van der Waals surface area contributed by atoms with Crippen molar-refractivity contribution in [3.63, 3.8) is 0 Å². The van der Waals surface area contributed by atoms with Gasteiger partial charge in [0.1, 0.15) is 5.82 Å². The van der Waals surface area contributed by atoms with Crippen molar-refractivity contribution in [3.8, 4) is 11.3 Å². The fraction of sp³-hybridized carbons (Fsp3) is 0.526. The van der Waals surface area contributed by atoms with E-state index in [1.165, 1.54) is 37.9 Å². The topological polar surface area (TPSA) is 71.2 Å². The quantitative estimate of drug-likeness (QED) is 0.929. The number of hydrogen-bond donors (Lipinski definition) is 1. The summed E-state index contributed by atoms with van der Waals surface area (Å²) in [7, 11) is 0. The van der Waals surface area contributed by atoms with Crippen LogP contribution < -0.4 is 15.5 Å². The first kappa shape index (κ1) is 13.9. The van der Waals surface area contributed by atoms with E-state index >= 15 is 0 Å². The Balaban J connectivity index is 1.44. The molecule has 2 aliphatic carbocycles. The highest BCUT2D eigenvalue weighted by atomic mass is 15.3. The van der Waals surface area contributed by atoms with Gasteiger partial charge in [0.25, 0.3) is 0 Å². The molecule has 8 rings (SSSR count). The third-order valence-corrected chi connectivity index (χ3v) is 6.60. The zero-order valence-electron chi connectivity index (χ0n) is 14.2. The lowest BCUT2D eigenvalue weighted by Crippen LogP contribution is -2.31. The second-order valence-corrected chi connectivity index (χ2v) is 8.19. The number of nitrogen functional groups attached to an aromatic ring is 1. The van der Waals surface area contributed by atoms with Crippen molar-refractivity contribution in [2.45, 2.75) is 37.8 Å². The molecule has 2 saturated carbocycles. The summed E-state index contributed by atoms with van der Waals surface area (Å²) in [5.41, 5.74) is 8.86. The molecule has 6 nitrogen and oxygen atoms in total. The predicted molar refractivity (Wildman–Crippen MR) is 97.4 cm³/mol. The molecule has 4 saturated heterocycles. The third kappa shape index (κ3) is 2.06. The van der Waals surface area contributed by atoms with Gasteiger partial charge in [-0.15, -0.1) is 0 Å². The van der Waals surface area contributed by atoms with Crippen LogP contribution in [-0.2, 0) is 0 Å². The van der Waals surface area contributed by atoms with Gasteiger partial charge in [-0.1, -0.05) is 0 Å². The number of nitrogens with two attached hydrogens (primary N) is 1. The largest absolute Gasteiger partial charge is 0.368 e. The standard InChI is InChI=1S/C19H22N6/c20-19-21-7-13(8-22-19)17-5-16(24-9-11-1-14(24)2-11)6-18(23-17)25-10-12-3-15(25)4-12/h5-8,11-12,14-15H,1-4,9-10H2,(H2,20,21,22). The number of anilines is 3. The molecule has 0 spiro atoms. The van der Waals surface area contributed by atoms with E-state index in [4.69, 9.17) is 10.7 Å². The Morgan fingerprint density at radius 3 is 2.12 bits per heavy atom. The van der Waals surface area contributed by atoms with Crippen LogP contribution in [0.15, 0.2) is 24.5 Å². The fourth-order valence-corrected chi connectivity index (χ4v) is 5.09. The van der Waals surface area contributed by atoms with Gasteiger partial charge in [0.15, 0.2) is 0 Å². The van der Waals surface area contributed by atoms with Crippen molar-refractivity contribution in [2.75, 3.05) is 28.6 Å². The number of nitrogens with zero attached hydrogens (tertiary/aromatic N) is 5. The molecule has 6 aliphatic rings. The minimum Gasteiger partial charge on any atom is -0.368 e. The lowest BCUT2D eigenvalue weighted by Gasteiger charge is -2.30. The molecule has 6 fully saturated rings. The first-order valence-electron chi connectivity index (χ1n) is 9.36. The summed E-state index contributed by atoms with van der Waals surface area (Å²) in [6.07, 6.45) is 8.94. The van der Waals surface area contributed by atoms with Crippen molar-refractivity contribution in [1.82, 2.24) is 15.0 Å². The van der Waals surface area contributed by atoms with Crippen LogP contribution in [0.5, 0.6) is 0 Å². The van der Waals surface area contributed by atoms with E-state index in [0.717, 1.165) is 41.5 Å². The average molecular weight is 334 g/mol. The maximum absolute atomic E-state index is 5.65. The molecule has 25 heavy (non-hydrogen) atoms. The van der Waals surface area contributed by atoms with Crippen LogP contribution in [0, 0.1) is 11.8 Å². The molecule has 0 atom stereocenters. The molecule has 2 aromatic rings. The van der Waals surface area contributed by atoms with Gasteiger partial charge in [-0.3, -0.25) is 0 Å². The third-order valence-electron chi connectivity index (χ3n) is 6.60. The molecule has 6 heterocycles. The molecular weight excluding hydrogens is 312 g/mol. The van der Waals surface area contributed by atoms with Gasteiger partial charge in [0.05, 0.1) is 5.69 Å². The molecule has 0 aromatic carbocycles. The SMILES string of the molecule is Nc1ncc(-c2cc(N3CC4CC3C4)cc(N3CC4CC3C4)n2)cn1. The van der Waals surface area contributed by atoms with Crippen molar-refractivity contribution in [3.05, 3.63) is 24.5 Å². The van der Waals surface area contributed by atoms with Crippen molar-refractivity contribution < 1.29 is 0 Å². The maximum atomic E-state index is 5.65. The zero-order chi connectivity index (χ0) is 16.5. The van der Waals surface area contributed by atoms with Gasteiger partial charge >= 0.3 is 0 Å². The van der Waals surface area contributed by atoms with Crippen molar-refractivity contribution >= 4 is 17.5 Å². The first-order valence-corrected chi connectivity index (χ1v) is 9.36.